The van der Waals surface area contributed by atoms with Crippen LogP contribution in [0.2, 0.25) is 0 Å². The quantitative estimate of drug-likeness (QED) is 0.205. The maximum absolute atomic E-state index is 4.39. The molecule has 0 aliphatic heterocycles. The first-order chi connectivity index (χ1) is 22.3. The highest BCUT2D eigenvalue weighted by molar-refractivity contribution is 6.19. The fraction of sp³-hybridized carbons (Fsp3) is 0. The summed E-state index contributed by atoms with van der Waals surface area (Å²) in [6, 6.07) is 57.2. The molecule has 45 heavy (non-hydrogen) atoms. The molecule has 2 aromatic heterocycles. The summed E-state index contributed by atoms with van der Waals surface area (Å²) in [6.45, 7) is 0. The number of hydrogen-bond donors (Lipinski definition) is 0. The van der Waals surface area contributed by atoms with Gasteiger partial charge in [-0.2, -0.15) is 0 Å². The molecule has 9 rings (SSSR count). The van der Waals surface area contributed by atoms with Crippen molar-refractivity contribution >= 4 is 43.4 Å². The molecule has 0 fully saturated rings. The summed E-state index contributed by atoms with van der Waals surface area (Å²) in [5.74, 6) is 0. The molecular formula is C43H28N2. The van der Waals surface area contributed by atoms with E-state index in [0.29, 0.717) is 0 Å². The lowest BCUT2D eigenvalue weighted by molar-refractivity contribution is 1.19. The molecule has 0 aliphatic carbocycles. The van der Waals surface area contributed by atoms with Crippen molar-refractivity contribution in [1.29, 1.82) is 0 Å². The third kappa shape index (κ3) is 4.30. The van der Waals surface area contributed by atoms with Gasteiger partial charge in [-0.15, -0.1) is 0 Å². The number of aromatic nitrogens is 2. The third-order valence-electron chi connectivity index (χ3n) is 9.03. The predicted octanol–water partition coefficient (Wildman–Crippen LogP) is 11.5. The molecule has 0 radical (unpaired) electrons. The summed E-state index contributed by atoms with van der Waals surface area (Å²) in [5.41, 5.74) is 10.7. The summed E-state index contributed by atoms with van der Waals surface area (Å²) in [6.07, 6.45) is 3.76. The summed E-state index contributed by atoms with van der Waals surface area (Å²) < 4.78 is 2.45. The van der Waals surface area contributed by atoms with E-state index in [-0.39, 0.29) is 0 Å². The van der Waals surface area contributed by atoms with Gasteiger partial charge in [0, 0.05) is 39.8 Å². The van der Waals surface area contributed by atoms with Crippen molar-refractivity contribution in [3.8, 4) is 39.1 Å². The number of pyridine rings is 1. The zero-order valence-corrected chi connectivity index (χ0v) is 24.6. The number of benzene rings is 7. The molecule has 0 amide bonds. The lowest BCUT2D eigenvalue weighted by Gasteiger charge is -2.13. The van der Waals surface area contributed by atoms with Crippen molar-refractivity contribution in [2.24, 2.45) is 0 Å². The molecule has 9 aromatic rings. The van der Waals surface area contributed by atoms with Gasteiger partial charge in [0.15, 0.2) is 0 Å². The van der Waals surface area contributed by atoms with Gasteiger partial charge in [-0.25, -0.2) is 0 Å². The number of nitrogens with zero attached hydrogens (tertiary/aromatic N) is 2. The van der Waals surface area contributed by atoms with Gasteiger partial charge in [0.25, 0.3) is 0 Å². The van der Waals surface area contributed by atoms with Crippen molar-refractivity contribution < 1.29 is 0 Å². The second-order valence-corrected chi connectivity index (χ2v) is 11.7. The Balaban J connectivity index is 1.29. The Morgan fingerprint density at radius 1 is 0.378 bits per heavy atom. The van der Waals surface area contributed by atoms with E-state index < -0.39 is 0 Å². The van der Waals surface area contributed by atoms with Crippen LogP contribution < -0.4 is 0 Å². The Bertz CT molecular complexity index is 2530. The average Bonchev–Trinajstić information content (AvgIpc) is 3.46. The van der Waals surface area contributed by atoms with Gasteiger partial charge < -0.3 is 4.57 Å². The fourth-order valence-corrected chi connectivity index (χ4v) is 6.82. The molecule has 0 saturated carbocycles. The molecule has 0 N–H and O–H groups in total. The molecule has 0 spiro atoms. The van der Waals surface area contributed by atoms with Crippen molar-refractivity contribution in [2.75, 3.05) is 0 Å². The van der Waals surface area contributed by atoms with E-state index in [2.05, 4.69) is 161 Å². The fourth-order valence-electron chi connectivity index (χ4n) is 6.82. The van der Waals surface area contributed by atoms with E-state index in [1.54, 1.807) is 0 Å². The molecule has 210 valence electrons. The van der Waals surface area contributed by atoms with Crippen molar-refractivity contribution in [3.63, 3.8) is 0 Å². The van der Waals surface area contributed by atoms with E-state index in [9.17, 15) is 0 Å². The lowest BCUT2D eigenvalue weighted by atomic mass is 9.96. The first-order valence-electron chi connectivity index (χ1n) is 15.4. The number of fused-ring (bicyclic) bond motifs is 6. The Hall–Kier alpha value is -5.99. The van der Waals surface area contributed by atoms with Gasteiger partial charge >= 0.3 is 0 Å². The van der Waals surface area contributed by atoms with Gasteiger partial charge in [0.2, 0.25) is 0 Å². The summed E-state index contributed by atoms with van der Waals surface area (Å²) >= 11 is 0. The molecule has 0 bridgehead atoms. The standard InChI is InChI=1S/C43H28N2/c1-2-8-29(9-3-1)31-12-6-13-32(24-31)34-16-20-39-36(25-34)18-22-41-40-21-17-35(37-14-7-23-44-28-37)27-42(40)45(43(39)41)38-19-15-30-10-4-5-11-33(30)26-38/h1-28H. The van der Waals surface area contributed by atoms with Gasteiger partial charge in [-0.05, 0) is 80.4 Å². The SMILES string of the molecule is c1ccc(-c2cccc(-c3ccc4c(ccc5c6ccc(-c7cccnc7)cc6n(-c6ccc7ccccc7c6)c45)c3)c2)cc1. The van der Waals surface area contributed by atoms with Crippen molar-refractivity contribution in [2.45, 2.75) is 0 Å². The van der Waals surface area contributed by atoms with E-state index >= 15 is 0 Å². The van der Waals surface area contributed by atoms with E-state index in [4.69, 9.17) is 0 Å². The van der Waals surface area contributed by atoms with Crippen LogP contribution in [0.25, 0.3) is 82.4 Å². The molecule has 0 unspecified atom stereocenters. The van der Waals surface area contributed by atoms with Crippen molar-refractivity contribution in [1.82, 2.24) is 9.55 Å². The second-order valence-electron chi connectivity index (χ2n) is 11.7. The zero-order valence-electron chi connectivity index (χ0n) is 24.6. The molecule has 0 aliphatic rings. The summed E-state index contributed by atoms with van der Waals surface area (Å²) in [4.78, 5) is 4.39. The van der Waals surface area contributed by atoms with Crippen LogP contribution in [-0.4, -0.2) is 9.55 Å². The van der Waals surface area contributed by atoms with Crippen LogP contribution in [0, 0.1) is 0 Å². The number of rotatable bonds is 4. The van der Waals surface area contributed by atoms with E-state index in [0.717, 1.165) is 16.8 Å². The highest BCUT2D eigenvalue weighted by Gasteiger charge is 2.17. The maximum atomic E-state index is 4.39. The first kappa shape index (κ1) is 25.5. The van der Waals surface area contributed by atoms with Crippen LogP contribution in [0.1, 0.15) is 0 Å². The summed E-state index contributed by atoms with van der Waals surface area (Å²) in [5, 5.41) is 7.43. The zero-order chi connectivity index (χ0) is 29.7. The normalized spacial score (nSPS) is 11.6. The Kier molecular flexibility index (Phi) is 5.85. The smallest absolute Gasteiger partial charge is 0.0619 e. The third-order valence-corrected chi connectivity index (χ3v) is 9.03. The minimum absolute atomic E-state index is 1.11. The minimum Gasteiger partial charge on any atom is -0.309 e. The molecule has 2 heterocycles. The largest absolute Gasteiger partial charge is 0.309 e. The molecule has 2 heteroatoms. The van der Waals surface area contributed by atoms with Crippen LogP contribution in [-0.2, 0) is 0 Å². The molecular weight excluding hydrogens is 544 g/mol. The van der Waals surface area contributed by atoms with Crippen LogP contribution in [0.3, 0.4) is 0 Å². The average molecular weight is 573 g/mol. The molecule has 0 atom stereocenters. The first-order valence-corrected chi connectivity index (χ1v) is 15.4. The van der Waals surface area contributed by atoms with Crippen LogP contribution in [0.4, 0.5) is 0 Å². The number of hydrogen-bond acceptors (Lipinski definition) is 1. The molecule has 0 saturated heterocycles. The second kappa shape index (κ2) is 10.3. The Morgan fingerprint density at radius 2 is 1.04 bits per heavy atom. The van der Waals surface area contributed by atoms with E-state index in [1.165, 1.54) is 65.6 Å². The maximum Gasteiger partial charge on any atom is 0.0619 e. The van der Waals surface area contributed by atoms with E-state index in [1.807, 2.05) is 18.5 Å². The van der Waals surface area contributed by atoms with Crippen LogP contribution >= 0.6 is 0 Å². The topological polar surface area (TPSA) is 17.8 Å². The van der Waals surface area contributed by atoms with Gasteiger partial charge in [-0.1, -0.05) is 121 Å². The monoisotopic (exact) mass is 572 g/mol. The molecule has 2 nitrogen and oxygen atoms in total. The van der Waals surface area contributed by atoms with Gasteiger partial charge in [0.05, 0.1) is 11.0 Å². The van der Waals surface area contributed by atoms with Gasteiger partial charge in [-0.3, -0.25) is 4.98 Å². The van der Waals surface area contributed by atoms with Gasteiger partial charge in [0.1, 0.15) is 0 Å². The van der Waals surface area contributed by atoms with Crippen LogP contribution in [0.15, 0.2) is 170 Å². The highest BCUT2D eigenvalue weighted by Crippen LogP contribution is 2.40. The molecule has 7 aromatic carbocycles. The summed E-state index contributed by atoms with van der Waals surface area (Å²) in [7, 11) is 0. The highest BCUT2D eigenvalue weighted by atomic mass is 15.0. The van der Waals surface area contributed by atoms with Crippen LogP contribution in [0.5, 0.6) is 0 Å². The predicted molar refractivity (Wildman–Crippen MR) is 190 cm³/mol. The lowest BCUT2D eigenvalue weighted by Crippen LogP contribution is -1.95. The minimum atomic E-state index is 1.11. The van der Waals surface area contributed by atoms with Crippen molar-refractivity contribution in [3.05, 3.63) is 170 Å². The Morgan fingerprint density at radius 3 is 1.89 bits per heavy atom. The Labute approximate surface area is 261 Å².